The first-order valence-corrected chi connectivity index (χ1v) is 9.66. The second kappa shape index (κ2) is 8.57. The van der Waals surface area contributed by atoms with Crippen molar-refractivity contribution < 1.29 is 22.4 Å². The molecule has 0 saturated carbocycles. The van der Waals surface area contributed by atoms with Crippen LogP contribution in [0.2, 0.25) is 0 Å². The number of amides is 2. The van der Waals surface area contributed by atoms with Gasteiger partial charge in [0.25, 0.3) is 0 Å². The summed E-state index contributed by atoms with van der Waals surface area (Å²) in [5, 5.41) is 3.57. The first-order chi connectivity index (χ1) is 12.3. The number of halogens is 1. The van der Waals surface area contributed by atoms with Crippen LogP contribution < -0.4 is 10.6 Å². The quantitative estimate of drug-likeness (QED) is 0.775. The Bertz CT molecular complexity index is 868. The molecule has 2 rings (SSSR count). The Hall–Kier alpha value is -2.74. The molecule has 1 unspecified atom stereocenters. The molecule has 8 heteroatoms. The summed E-state index contributed by atoms with van der Waals surface area (Å²) in [5.41, 5.74) is 0.746. The SMILES string of the molecule is CCC(C(=O)Nc1ccccc1)S(=O)(=O)CC(=O)Nc1ccc(F)cc1. The van der Waals surface area contributed by atoms with Gasteiger partial charge in [-0.1, -0.05) is 25.1 Å². The summed E-state index contributed by atoms with van der Waals surface area (Å²) in [6.07, 6.45) is 0.0326. The highest BCUT2D eigenvalue weighted by Crippen LogP contribution is 2.14. The van der Waals surface area contributed by atoms with Gasteiger partial charge in [0.15, 0.2) is 9.84 Å². The molecule has 0 radical (unpaired) electrons. The van der Waals surface area contributed by atoms with Crippen molar-refractivity contribution in [1.82, 2.24) is 0 Å². The number of hydrogen-bond acceptors (Lipinski definition) is 4. The first-order valence-electron chi connectivity index (χ1n) is 7.94. The van der Waals surface area contributed by atoms with Crippen LogP contribution in [0.1, 0.15) is 13.3 Å². The Labute approximate surface area is 151 Å². The molecule has 6 nitrogen and oxygen atoms in total. The Balaban J connectivity index is 2.04. The normalized spacial score (nSPS) is 12.2. The zero-order valence-electron chi connectivity index (χ0n) is 14.1. The summed E-state index contributed by atoms with van der Waals surface area (Å²) in [4.78, 5) is 24.3. The number of carbonyl (C=O) groups is 2. The van der Waals surface area contributed by atoms with Crippen LogP contribution in [0.25, 0.3) is 0 Å². The van der Waals surface area contributed by atoms with E-state index in [-0.39, 0.29) is 12.1 Å². The number of nitrogens with one attached hydrogen (secondary N) is 2. The van der Waals surface area contributed by atoms with Crippen molar-refractivity contribution in [3.63, 3.8) is 0 Å². The minimum Gasteiger partial charge on any atom is -0.325 e. The fraction of sp³-hybridized carbons (Fsp3) is 0.222. The summed E-state index contributed by atoms with van der Waals surface area (Å²) in [7, 11) is -4.02. The lowest BCUT2D eigenvalue weighted by atomic mass is 10.3. The average Bonchev–Trinajstić information content (AvgIpc) is 2.57. The molecule has 2 N–H and O–H groups in total. The second-order valence-corrected chi connectivity index (χ2v) is 7.80. The lowest BCUT2D eigenvalue weighted by Gasteiger charge is -2.16. The molecule has 2 amide bonds. The standard InChI is InChI=1S/C18H19FN2O4S/c1-2-16(18(23)21-14-6-4-3-5-7-14)26(24,25)12-17(22)20-15-10-8-13(19)9-11-15/h3-11,16H,2,12H2,1H3,(H,20,22)(H,21,23). The first kappa shape index (κ1) is 19.6. The zero-order valence-corrected chi connectivity index (χ0v) is 14.9. The maximum atomic E-state index is 12.9. The molecule has 138 valence electrons. The molecule has 0 aliphatic heterocycles. The van der Waals surface area contributed by atoms with Gasteiger partial charge in [0.05, 0.1) is 0 Å². The van der Waals surface area contributed by atoms with Crippen molar-refractivity contribution >= 4 is 33.0 Å². The molecule has 2 aromatic carbocycles. The fourth-order valence-electron chi connectivity index (χ4n) is 2.36. The molecule has 0 aliphatic carbocycles. The third-order valence-electron chi connectivity index (χ3n) is 3.60. The molecular formula is C18H19FN2O4S. The summed E-state index contributed by atoms with van der Waals surface area (Å²) < 4.78 is 37.8. The number of anilines is 2. The maximum absolute atomic E-state index is 12.9. The van der Waals surface area contributed by atoms with E-state index >= 15 is 0 Å². The van der Waals surface area contributed by atoms with Gasteiger partial charge in [0.1, 0.15) is 16.8 Å². The minimum absolute atomic E-state index is 0.0326. The molecule has 0 aromatic heterocycles. The van der Waals surface area contributed by atoms with Crippen molar-refractivity contribution in [2.24, 2.45) is 0 Å². The maximum Gasteiger partial charge on any atom is 0.242 e. The van der Waals surface area contributed by atoms with Crippen LogP contribution in [-0.4, -0.2) is 31.2 Å². The molecule has 2 aromatic rings. The van der Waals surface area contributed by atoms with Crippen molar-refractivity contribution in [3.05, 3.63) is 60.4 Å². The van der Waals surface area contributed by atoms with E-state index in [9.17, 15) is 22.4 Å². The van der Waals surface area contributed by atoms with E-state index in [2.05, 4.69) is 10.6 Å². The third kappa shape index (κ3) is 5.38. The van der Waals surface area contributed by atoms with E-state index in [4.69, 9.17) is 0 Å². The highest BCUT2D eigenvalue weighted by atomic mass is 32.2. The Kier molecular flexibility index (Phi) is 6.46. The van der Waals surface area contributed by atoms with Gasteiger partial charge in [-0.25, -0.2) is 12.8 Å². The van der Waals surface area contributed by atoms with Gasteiger partial charge >= 0.3 is 0 Å². The van der Waals surface area contributed by atoms with E-state index in [0.29, 0.717) is 5.69 Å². The van der Waals surface area contributed by atoms with Gasteiger partial charge < -0.3 is 10.6 Å². The lowest BCUT2D eigenvalue weighted by molar-refractivity contribution is -0.115. The van der Waals surface area contributed by atoms with E-state index < -0.39 is 38.5 Å². The molecular weight excluding hydrogens is 359 g/mol. The number of benzene rings is 2. The smallest absolute Gasteiger partial charge is 0.242 e. The second-order valence-electron chi connectivity index (χ2n) is 5.61. The molecule has 1 atom stereocenters. The number of sulfone groups is 1. The molecule has 0 bridgehead atoms. The number of carbonyl (C=O) groups excluding carboxylic acids is 2. The minimum atomic E-state index is -4.02. The Morgan fingerprint density at radius 2 is 1.54 bits per heavy atom. The van der Waals surface area contributed by atoms with Crippen molar-refractivity contribution in [2.75, 3.05) is 16.4 Å². The van der Waals surface area contributed by atoms with E-state index in [1.807, 2.05) is 0 Å². The highest BCUT2D eigenvalue weighted by Gasteiger charge is 2.33. The van der Waals surface area contributed by atoms with E-state index in [0.717, 1.165) is 12.1 Å². The topological polar surface area (TPSA) is 92.3 Å². The fourth-order valence-corrected chi connectivity index (χ4v) is 3.89. The number of hydrogen-bond donors (Lipinski definition) is 2. The van der Waals surface area contributed by atoms with Gasteiger partial charge in [0, 0.05) is 11.4 Å². The molecule has 0 fully saturated rings. The summed E-state index contributed by atoms with van der Waals surface area (Å²) in [6.45, 7) is 1.56. The molecule has 0 aliphatic rings. The number of para-hydroxylation sites is 1. The number of rotatable bonds is 7. The van der Waals surface area contributed by atoms with Gasteiger partial charge in [0.2, 0.25) is 11.8 Å². The molecule has 0 saturated heterocycles. The van der Waals surface area contributed by atoms with Gasteiger partial charge in [-0.3, -0.25) is 9.59 Å². The Morgan fingerprint density at radius 1 is 0.962 bits per heavy atom. The third-order valence-corrected chi connectivity index (χ3v) is 5.68. The Morgan fingerprint density at radius 3 is 2.12 bits per heavy atom. The van der Waals surface area contributed by atoms with E-state index in [1.165, 1.54) is 12.1 Å². The predicted octanol–water partition coefficient (Wildman–Crippen LogP) is 2.60. The van der Waals surface area contributed by atoms with Crippen LogP contribution in [0.4, 0.5) is 15.8 Å². The van der Waals surface area contributed by atoms with Crippen LogP contribution in [0.15, 0.2) is 54.6 Å². The van der Waals surface area contributed by atoms with Crippen LogP contribution in [0, 0.1) is 5.82 Å². The highest BCUT2D eigenvalue weighted by molar-refractivity contribution is 7.93. The van der Waals surface area contributed by atoms with Gasteiger partial charge in [-0.2, -0.15) is 0 Å². The van der Waals surface area contributed by atoms with Crippen LogP contribution >= 0.6 is 0 Å². The van der Waals surface area contributed by atoms with Gasteiger partial charge in [-0.15, -0.1) is 0 Å². The van der Waals surface area contributed by atoms with Gasteiger partial charge in [-0.05, 0) is 42.8 Å². The summed E-state index contributed by atoms with van der Waals surface area (Å²) >= 11 is 0. The van der Waals surface area contributed by atoms with Crippen LogP contribution in [0.5, 0.6) is 0 Å². The monoisotopic (exact) mass is 378 g/mol. The van der Waals surface area contributed by atoms with Crippen molar-refractivity contribution in [1.29, 1.82) is 0 Å². The van der Waals surface area contributed by atoms with Crippen LogP contribution in [-0.2, 0) is 19.4 Å². The summed E-state index contributed by atoms with van der Waals surface area (Å²) in [6, 6.07) is 13.4. The molecule has 26 heavy (non-hydrogen) atoms. The van der Waals surface area contributed by atoms with Crippen LogP contribution in [0.3, 0.4) is 0 Å². The largest absolute Gasteiger partial charge is 0.325 e. The predicted molar refractivity (Wildman–Crippen MR) is 98.0 cm³/mol. The molecule has 0 spiro atoms. The summed E-state index contributed by atoms with van der Waals surface area (Å²) in [5.74, 6) is -2.79. The van der Waals surface area contributed by atoms with Crippen molar-refractivity contribution in [2.45, 2.75) is 18.6 Å². The zero-order chi connectivity index (χ0) is 19.2. The van der Waals surface area contributed by atoms with E-state index in [1.54, 1.807) is 37.3 Å². The lowest BCUT2D eigenvalue weighted by Crippen LogP contribution is -2.39. The average molecular weight is 378 g/mol. The molecule has 0 heterocycles. The van der Waals surface area contributed by atoms with Crippen molar-refractivity contribution in [3.8, 4) is 0 Å².